The number of sulfonamides is 1. The van der Waals surface area contributed by atoms with Crippen molar-refractivity contribution >= 4 is 33.4 Å². The van der Waals surface area contributed by atoms with Gasteiger partial charge in [-0.05, 0) is 43.9 Å². The van der Waals surface area contributed by atoms with Crippen LogP contribution in [0.5, 0.6) is 0 Å². The largest absolute Gasteiger partial charge is 0.356 e. The molecule has 0 aliphatic heterocycles. The fourth-order valence-electron chi connectivity index (χ4n) is 3.34. The van der Waals surface area contributed by atoms with E-state index < -0.39 is 22.0 Å². The molecule has 188 valence electrons. The van der Waals surface area contributed by atoms with Crippen molar-refractivity contribution in [1.29, 1.82) is 0 Å². The molecule has 1 unspecified atom stereocenters. The molecule has 0 aromatic heterocycles. The van der Waals surface area contributed by atoms with Gasteiger partial charge in [0.2, 0.25) is 21.8 Å². The summed E-state index contributed by atoms with van der Waals surface area (Å²) in [4.78, 5) is 24.9. The Balaban J connectivity index is 2.79. The van der Waals surface area contributed by atoms with Crippen LogP contribution >= 0.6 is 11.6 Å². The predicted octanol–water partition coefficient (Wildman–Crippen LogP) is 4.47. The highest BCUT2D eigenvalue weighted by molar-refractivity contribution is 7.89. The van der Waals surface area contributed by atoms with Crippen molar-refractivity contribution in [2.75, 3.05) is 13.1 Å². The third kappa shape index (κ3) is 11.9. The number of hydrogen-bond donors (Lipinski definition) is 3. The topological polar surface area (TPSA) is 104 Å². The third-order valence-electron chi connectivity index (χ3n) is 5.33. The second kappa shape index (κ2) is 16.1. The SMILES string of the molecule is CCCCCCNC(=O)CCC(NS(=O)(=O)c1cc(C)ccc1Cl)C(=O)NCCCCCC. The van der Waals surface area contributed by atoms with E-state index in [0.29, 0.717) is 13.1 Å². The maximum Gasteiger partial charge on any atom is 0.242 e. The number of hydrogen-bond acceptors (Lipinski definition) is 4. The number of carbonyl (C=O) groups is 2. The summed E-state index contributed by atoms with van der Waals surface area (Å²) in [5, 5.41) is 5.73. The van der Waals surface area contributed by atoms with Gasteiger partial charge in [-0.15, -0.1) is 0 Å². The Morgan fingerprint density at radius 3 is 2.15 bits per heavy atom. The van der Waals surface area contributed by atoms with Crippen molar-refractivity contribution in [2.24, 2.45) is 0 Å². The zero-order valence-electron chi connectivity index (χ0n) is 20.2. The van der Waals surface area contributed by atoms with Crippen LogP contribution in [0.2, 0.25) is 5.02 Å². The molecule has 9 heteroatoms. The first kappa shape index (κ1) is 29.4. The van der Waals surface area contributed by atoms with Crippen LogP contribution in [0, 0.1) is 6.92 Å². The molecule has 1 aromatic rings. The molecule has 2 amide bonds. The van der Waals surface area contributed by atoms with E-state index in [-0.39, 0.29) is 28.7 Å². The lowest BCUT2D eigenvalue weighted by Gasteiger charge is -2.19. The summed E-state index contributed by atoms with van der Waals surface area (Å²) in [6, 6.07) is 3.63. The summed E-state index contributed by atoms with van der Waals surface area (Å²) in [6.45, 7) is 7.04. The zero-order valence-corrected chi connectivity index (χ0v) is 21.8. The van der Waals surface area contributed by atoms with E-state index in [1.54, 1.807) is 13.0 Å². The average Bonchev–Trinajstić information content (AvgIpc) is 2.77. The predicted molar refractivity (Wildman–Crippen MR) is 134 cm³/mol. The molecular formula is C24H40ClN3O4S. The highest BCUT2D eigenvalue weighted by Crippen LogP contribution is 2.23. The highest BCUT2D eigenvalue weighted by Gasteiger charge is 2.27. The standard InChI is InChI=1S/C24H40ClN3O4S/c1-4-6-8-10-16-26-23(29)15-14-21(24(30)27-17-11-9-7-5-2)28-33(31,32)22-18-19(3)12-13-20(22)25/h12-13,18,21,28H,4-11,14-17H2,1-3H3,(H,26,29)(H,27,30). The molecule has 0 aliphatic rings. The number of rotatable bonds is 17. The molecule has 0 saturated carbocycles. The van der Waals surface area contributed by atoms with E-state index >= 15 is 0 Å². The van der Waals surface area contributed by atoms with Crippen molar-refractivity contribution in [3.63, 3.8) is 0 Å². The molecule has 7 nitrogen and oxygen atoms in total. The van der Waals surface area contributed by atoms with Gasteiger partial charge in [0, 0.05) is 19.5 Å². The first-order valence-electron chi connectivity index (χ1n) is 12.0. The summed E-state index contributed by atoms with van der Waals surface area (Å²) in [6.07, 6.45) is 8.28. The van der Waals surface area contributed by atoms with E-state index in [9.17, 15) is 18.0 Å². The van der Waals surface area contributed by atoms with E-state index in [1.165, 1.54) is 12.1 Å². The maximum atomic E-state index is 13.0. The highest BCUT2D eigenvalue weighted by atomic mass is 35.5. The third-order valence-corrected chi connectivity index (χ3v) is 7.29. The number of nitrogens with one attached hydrogen (secondary N) is 3. The number of halogens is 1. The Morgan fingerprint density at radius 1 is 0.939 bits per heavy atom. The molecule has 0 aliphatic carbocycles. The molecular weight excluding hydrogens is 462 g/mol. The van der Waals surface area contributed by atoms with E-state index in [2.05, 4.69) is 29.2 Å². The van der Waals surface area contributed by atoms with Crippen LogP contribution < -0.4 is 15.4 Å². The second-order valence-corrected chi connectivity index (χ2v) is 10.5. The summed E-state index contributed by atoms with van der Waals surface area (Å²) < 4.78 is 28.4. The van der Waals surface area contributed by atoms with Crippen molar-refractivity contribution in [3.8, 4) is 0 Å². The Morgan fingerprint density at radius 2 is 1.55 bits per heavy atom. The molecule has 33 heavy (non-hydrogen) atoms. The van der Waals surface area contributed by atoms with Crippen LogP contribution in [-0.4, -0.2) is 39.4 Å². The van der Waals surface area contributed by atoms with Gasteiger partial charge in [0.25, 0.3) is 0 Å². The van der Waals surface area contributed by atoms with Gasteiger partial charge in [-0.25, -0.2) is 8.42 Å². The number of carbonyl (C=O) groups excluding carboxylic acids is 2. The molecule has 3 N–H and O–H groups in total. The second-order valence-electron chi connectivity index (χ2n) is 8.41. The van der Waals surface area contributed by atoms with Crippen molar-refractivity contribution in [3.05, 3.63) is 28.8 Å². The van der Waals surface area contributed by atoms with Crippen LogP contribution in [0.25, 0.3) is 0 Å². The molecule has 1 aromatic carbocycles. The quantitative estimate of drug-likeness (QED) is 0.274. The number of unbranched alkanes of at least 4 members (excludes halogenated alkanes) is 6. The van der Waals surface area contributed by atoms with Gasteiger partial charge in [0.05, 0.1) is 5.02 Å². The molecule has 0 radical (unpaired) electrons. The summed E-state index contributed by atoms with van der Waals surface area (Å²) in [5.74, 6) is -0.630. The fraction of sp³-hybridized carbons (Fsp3) is 0.667. The lowest BCUT2D eigenvalue weighted by Crippen LogP contribution is -2.47. The first-order valence-corrected chi connectivity index (χ1v) is 13.9. The van der Waals surface area contributed by atoms with Gasteiger partial charge in [0.1, 0.15) is 10.9 Å². The fourth-order valence-corrected chi connectivity index (χ4v) is 5.16. The Hall–Kier alpha value is -1.64. The number of aryl methyl sites for hydroxylation is 1. The maximum absolute atomic E-state index is 13.0. The monoisotopic (exact) mass is 501 g/mol. The molecule has 0 heterocycles. The Labute approximate surface area is 204 Å². The first-order chi connectivity index (χ1) is 15.7. The Kier molecular flexibility index (Phi) is 14.3. The van der Waals surface area contributed by atoms with Crippen molar-refractivity contribution in [1.82, 2.24) is 15.4 Å². The average molecular weight is 502 g/mol. The molecule has 0 bridgehead atoms. The lowest BCUT2D eigenvalue weighted by atomic mass is 10.1. The van der Waals surface area contributed by atoms with Crippen LogP contribution in [0.3, 0.4) is 0 Å². The lowest BCUT2D eigenvalue weighted by molar-refractivity contribution is -0.123. The van der Waals surface area contributed by atoms with Crippen LogP contribution in [0.15, 0.2) is 23.1 Å². The smallest absolute Gasteiger partial charge is 0.242 e. The van der Waals surface area contributed by atoms with Gasteiger partial charge in [-0.3, -0.25) is 9.59 Å². The van der Waals surface area contributed by atoms with Crippen molar-refractivity contribution in [2.45, 2.75) is 95.9 Å². The van der Waals surface area contributed by atoms with Crippen LogP contribution in [0.4, 0.5) is 0 Å². The van der Waals surface area contributed by atoms with E-state index in [4.69, 9.17) is 11.6 Å². The molecule has 1 atom stereocenters. The molecule has 0 saturated heterocycles. The molecule has 1 rings (SSSR count). The molecule has 0 spiro atoms. The van der Waals surface area contributed by atoms with Gasteiger partial charge < -0.3 is 10.6 Å². The molecule has 0 fully saturated rings. The zero-order chi connectivity index (χ0) is 24.7. The number of amides is 2. The minimum atomic E-state index is -4.05. The Bertz CT molecular complexity index is 846. The summed E-state index contributed by atoms with van der Waals surface area (Å²) >= 11 is 6.11. The van der Waals surface area contributed by atoms with Gasteiger partial charge >= 0.3 is 0 Å². The van der Waals surface area contributed by atoms with Crippen molar-refractivity contribution < 1.29 is 18.0 Å². The normalized spacial score (nSPS) is 12.4. The summed E-state index contributed by atoms with van der Waals surface area (Å²) in [5.41, 5.74) is 0.735. The minimum Gasteiger partial charge on any atom is -0.356 e. The van der Waals surface area contributed by atoms with Crippen LogP contribution in [-0.2, 0) is 19.6 Å². The van der Waals surface area contributed by atoms with Gasteiger partial charge in [-0.1, -0.05) is 70.0 Å². The number of benzene rings is 1. The van der Waals surface area contributed by atoms with E-state index in [1.807, 2.05) is 0 Å². The van der Waals surface area contributed by atoms with Gasteiger partial charge in [0.15, 0.2) is 0 Å². The summed E-state index contributed by atoms with van der Waals surface area (Å²) in [7, 11) is -4.05. The van der Waals surface area contributed by atoms with Crippen LogP contribution in [0.1, 0.15) is 83.6 Å². The van der Waals surface area contributed by atoms with Gasteiger partial charge in [-0.2, -0.15) is 4.72 Å². The van der Waals surface area contributed by atoms with E-state index in [0.717, 1.165) is 56.9 Å². The minimum absolute atomic E-state index is 0.0474.